The first kappa shape index (κ1) is 12.7. The van der Waals surface area contributed by atoms with E-state index in [0.717, 1.165) is 29.8 Å². The summed E-state index contributed by atoms with van der Waals surface area (Å²) in [6.45, 7) is 2.93. The van der Waals surface area contributed by atoms with Crippen LogP contribution >= 0.6 is 0 Å². The zero-order valence-corrected chi connectivity index (χ0v) is 11.3. The molecule has 0 radical (unpaired) electrons. The highest BCUT2D eigenvalue weighted by Crippen LogP contribution is 2.30. The highest BCUT2D eigenvalue weighted by molar-refractivity contribution is 5.83. The monoisotopic (exact) mass is 269 g/mol. The standard InChI is InChI=1S/C16H16FN3/c1-2-10-20-14-9-4-3-8-13(14)19-16(20)11-6-5-7-12(17)15(11)18/h3-9H,2,10,18H2,1H3. The molecular formula is C16H16FN3. The second-order valence-corrected chi connectivity index (χ2v) is 4.78. The van der Waals surface area contributed by atoms with E-state index in [9.17, 15) is 4.39 Å². The van der Waals surface area contributed by atoms with E-state index in [-0.39, 0.29) is 5.69 Å². The largest absolute Gasteiger partial charge is 0.396 e. The number of hydrogen-bond acceptors (Lipinski definition) is 2. The molecule has 3 nitrogen and oxygen atoms in total. The molecule has 2 aromatic carbocycles. The molecule has 0 aliphatic rings. The maximum Gasteiger partial charge on any atom is 0.146 e. The van der Waals surface area contributed by atoms with Crippen LogP contribution in [0.3, 0.4) is 0 Å². The topological polar surface area (TPSA) is 43.8 Å². The molecule has 0 bridgehead atoms. The molecule has 1 aromatic heterocycles. The zero-order valence-electron chi connectivity index (χ0n) is 11.3. The van der Waals surface area contributed by atoms with Crippen LogP contribution in [0.1, 0.15) is 13.3 Å². The zero-order chi connectivity index (χ0) is 14.1. The summed E-state index contributed by atoms with van der Waals surface area (Å²) in [6.07, 6.45) is 0.975. The van der Waals surface area contributed by atoms with E-state index >= 15 is 0 Å². The van der Waals surface area contributed by atoms with Crippen molar-refractivity contribution in [2.75, 3.05) is 5.73 Å². The van der Waals surface area contributed by atoms with Crippen molar-refractivity contribution >= 4 is 16.7 Å². The Hall–Kier alpha value is -2.36. The van der Waals surface area contributed by atoms with Crippen LogP contribution in [0.5, 0.6) is 0 Å². The van der Waals surface area contributed by atoms with Gasteiger partial charge in [0.1, 0.15) is 11.6 Å². The van der Waals surface area contributed by atoms with Crippen LogP contribution in [0.2, 0.25) is 0 Å². The number of nitrogen functional groups attached to an aromatic ring is 1. The Morgan fingerprint density at radius 1 is 1.15 bits per heavy atom. The van der Waals surface area contributed by atoms with E-state index in [1.807, 2.05) is 30.3 Å². The summed E-state index contributed by atoms with van der Waals surface area (Å²) in [5.41, 5.74) is 8.63. The Bertz CT molecular complexity index is 762. The van der Waals surface area contributed by atoms with Gasteiger partial charge in [0.25, 0.3) is 0 Å². The smallest absolute Gasteiger partial charge is 0.146 e. The van der Waals surface area contributed by atoms with Crippen molar-refractivity contribution in [1.82, 2.24) is 9.55 Å². The molecule has 0 saturated carbocycles. The number of anilines is 1. The fraction of sp³-hybridized carbons (Fsp3) is 0.188. The normalized spacial score (nSPS) is 11.1. The number of benzene rings is 2. The molecule has 4 heteroatoms. The first-order chi connectivity index (χ1) is 9.72. The lowest BCUT2D eigenvalue weighted by molar-refractivity contribution is 0.632. The molecule has 0 aliphatic carbocycles. The minimum Gasteiger partial charge on any atom is -0.396 e. The number of halogens is 1. The van der Waals surface area contributed by atoms with Crippen LogP contribution in [0.4, 0.5) is 10.1 Å². The van der Waals surface area contributed by atoms with Crippen molar-refractivity contribution in [2.24, 2.45) is 0 Å². The van der Waals surface area contributed by atoms with Crippen LogP contribution in [0, 0.1) is 5.82 Å². The predicted molar refractivity (Wildman–Crippen MR) is 79.8 cm³/mol. The predicted octanol–water partition coefficient (Wildman–Crippen LogP) is 3.83. The maximum atomic E-state index is 13.7. The van der Waals surface area contributed by atoms with Crippen LogP contribution in [0.25, 0.3) is 22.4 Å². The molecule has 0 aliphatic heterocycles. The van der Waals surface area contributed by atoms with Crippen molar-refractivity contribution in [2.45, 2.75) is 19.9 Å². The molecule has 2 N–H and O–H groups in total. The Kier molecular flexibility index (Phi) is 3.14. The van der Waals surface area contributed by atoms with E-state index in [2.05, 4.69) is 16.5 Å². The van der Waals surface area contributed by atoms with Crippen LogP contribution in [0.15, 0.2) is 42.5 Å². The number of aryl methyl sites for hydroxylation is 1. The van der Waals surface area contributed by atoms with Gasteiger partial charge >= 0.3 is 0 Å². The van der Waals surface area contributed by atoms with Gasteiger partial charge < -0.3 is 10.3 Å². The quantitative estimate of drug-likeness (QED) is 0.734. The lowest BCUT2D eigenvalue weighted by atomic mass is 10.1. The van der Waals surface area contributed by atoms with Crippen LogP contribution in [-0.2, 0) is 6.54 Å². The van der Waals surface area contributed by atoms with E-state index in [0.29, 0.717) is 5.56 Å². The van der Waals surface area contributed by atoms with Crippen molar-refractivity contribution < 1.29 is 4.39 Å². The summed E-state index contributed by atoms with van der Waals surface area (Å²) in [7, 11) is 0. The molecule has 0 fully saturated rings. The summed E-state index contributed by atoms with van der Waals surface area (Å²) in [5, 5.41) is 0. The van der Waals surface area contributed by atoms with Gasteiger partial charge in [-0.3, -0.25) is 0 Å². The fourth-order valence-corrected chi connectivity index (χ4v) is 2.46. The van der Waals surface area contributed by atoms with Gasteiger partial charge in [-0.1, -0.05) is 25.1 Å². The maximum absolute atomic E-state index is 13.7. The summed E-state index contributed by atoms with van der Waals surface area (Å²) < 4.78 is 15.8. The van der Waals surface area contributed by atoms with Crippen LogP contribution in [-0.4, -0.2) is 9.55 Å². The van der Waals surface area contributed by atoms with E-state index in [1.165, 1.54) is 6.07 Å². The van der Waals surface area contributed by atoms with Gasteiger partial charge in [-0.15, -0.1) is 0 Å². The number of fused-ring (bicyclic) bond motifs is 1. The number of aromatic nitrogens is 2. The minimum absolute atomic E-state index is 0.153. The minimum atomic E-state index is -0.405. The first-order valence-electron chi connectivity index (χ1n) is 6.72. The summed E-state index contributed by atoms with van der Waals surface area (Å²) in [6, 6.07) is 12.8. The van der Waals surface area contributed by atoms with Gasteiger partial charge in [0.05, 0.1) is 16.7 Å². The third-order valence-corrected chi connectivity index (χ3v) is 3.40. The first-order valence-corrected chi connectivity index (χ1v) is 6.72. The molecule has 20 heavy (non-hydrogen) atoms. The number of hydrogen-bond donors (Lipinski definition) is 1. The Balaban J connectivity index is 2.29. The summed E-state index contributed by atoms with van der Waals surface area (Å²) in [5.74, 6) is 0.322. The third kappa shape index (κ3) is 1.93. The molecular weight excluding hydrogens is 253 g/mol. The van der Waals surface area contributed by atoms with Crippen LogP contribution < -0.4 is 5.73 Å². The Morgan fingerprint density at radius 2 is 1.95 bits per heavy atom. The van der Waals surface area contributed by atoms with Crippen molar-refractivity contribution in [3.05, 3.63) is 48.3 Å². The van der Waals surface area contributed by atoms with Gasteiger partial charge in [0.2, 0.25) is 0 Å². The Morgan fingerprint density at radius 3 is 2.75 bits per heavy atom. The molecule has 0 spiro atoms. The lowest BCUT2D eigenvalue weighted by Crippen LogP contribution is -2.02. The summed E-state index contributed by atoms with van der Waals surface area (Å²) >= 11 is 0. The van der Waals surface area contributed by atoms with E-state index in [4.69, 9.17) is 5.73 Å². The fourth-order valence-electron chi connectivity index (χ4n) is 2.46. The highest BCUT2D eigenvalue weighted by atomic mass is 19.1. The molecule has 0 unspecified atom stereocenters. The van der Waals surface area contributed by atoms with Crippen molar-refractivity contribution in [3.63, 3.8) is 0 Å². The number of imidazole rings is 1. The number of nitrogens with zero attached hydrogens (tertiary/aromatic N) is 2. The van der Waals surface area contributed by atoms with Gasteiger partial charge in [-0.05, 0) is 30.7 Å². The number of para-hydroxylation sites is 3. The van der Waals surface area contributed by atoms with Crippen molar-refractivity contribution in [3.8, 4) is 11.4 Å². The Labute approximate surface area is 116 Å². The second-order valence-electron chi connectivity index (χ2n) is 4.78. The number of rotatable bonds is 3. The summed E-state index contributed by atoms with van der Waals surface area (Å²) in [4.78, 5) is 4.62. The average Bonchev–Trinajstić information content (AvgIpc) is 2.81. The van der Waals surface area contributed by atoms with Crippen molar-refractivity contribution in [1.29, 1.82) is 0 Å². The highest BCUT2D eigenvalue weighted by Gasteiger charge is 2.15. The van der Waals surface area contributed by atoms with E-state index in [1.54, 1.807) is 6.07 Å². The lowest BCUT2D eigenvalue weighted by Gasteiger charge is -2.10. The van der Waals surface area contributed by atoms with E-state index < -0.39 is 5.82 Å². The SMILES string of the molecule is CCCn1c(-c2cccc(F)c2N)nc2ccccc21. The third-order valence-electron chi connectivity index (χ3n) is 3.40. The molecule has 102 valence electrons. The molecule has 0 saturated heterocycles. The van der Waals surface area contributed by atoms with Gasteiger partial charge in [0.15, 0.2) is 0 Å². The molecule has 0 amide bonds. The second kappa shape index (κ2) is 4.96. The van der Waals surface area contributed by atoms with Gasteiger partial charge in [0, 0.05) is 12.1 Å². The number of nitrogens with two attached hydrogens (primary N) is 1. The van der Waals surface area contributed by atoms with Gasteiger partial charge in [-0.25, -0.2) is 9.37 Å². The average molecular weight is 269 g/mol. The molecule has 3 rings (SSSR count). The molecule has 0 atom stereocenters. The van der Waals surface area contributed by atoms with Gasteiger partial charge in [-0.2, -0.15) is 0 Å². The molecule has 3 aromatic rings. The molecule has 1 heterocycles.